The second kappa shape index (κ2) is 11.1. The second-order valence-electron chi connectivity index (χ2n) is 8.66. The quantitative estimate of drug-likeness (QED) is 0.652. The zero-order valence-corrected chi connectivity index (χ0v) is 20.5. The van der Waals surface area contributed by atoms with Gasteiger partial charge in [-0.05, 0) is 57.3 Å². The summed E-state index contributed by atoms with van der Waals surface area (Å²) in [5.74, 6) is 6.35. The van der Waals surface area contributed by atoms with Gasteiger partial charge in [0.15, 0.2) is 0 Å². The maximum Gasteiger partial charge on any atom is 0.247 e. The molecule has 7 nitrogen and oxygen atoms in total. The lowest BCUT2D eigenvalue weighted by atomic mass is 10.0. The molecule has 2 heterocycles. The molecule has 1 aliphatic rings. The Morgan fingerprint density at radius 2 is 2.06 bits per heavy atom. The van der Waals surface area contributed by atoms with Gasteiger partial charge in [-0.2, -0.15) is 4.31 Å². The van der Waals surface area contributed by atoms with E-state index in [4.69, 9.17) is 4.74 Å². The summed E-state index contributed by atoms with van der Waals surface area (Å²) in [6.45, 7) is 7.45. The Morgan fingerprint density at radius 1 is 1.30 bits per heavy atom. The van der Waals surface area contributed by atoms with Crippen molar-refractivity contribution in [2.75, 3.05) is 33.3 Å². The van der Waals surface area contributed by atoms with E-state index in [1.54, 1.807) is 37.5 Å². The monoisotopic (exact) mass is 471 g/mol. The Balaban J connectivity index is 2.05. The number of aliphatic hydroxyl groups is 1. The highest BCUT2D eigenvalue weighted by molar-refractivity contribution is 7.89. The molecule has 1 aromatic carbocycles. The summed E-state index contributed by atoms with van der Waals surface area (Å²) in [5.41, 5.74) is 1.43. The van der Waals surface area contributed by atoms with Crippen LogP contribution in [0.25, 0.3) is 0 Å². The van der Waals surface area contributed by atoms with Crippen LogP contribution in [0, 0.1) is 17.8 Å². The number of benzene rings is 1. The molecule has 0 aliphatic carbocycles. The molecule has 0 spiro atoms. The predicted octanol–water partition coefficient (Wildman–Crippen LogP) is 2.59. The first-order valence-corrected chi connectivity index (χ1v) is 12.7. The van der Waals surface area contributed by atoms with Gasteiger partial charge in [-0.25, -0.2) is 8.42 Å². The Bertz CT molecular complexity index is 1100. The molecule has 0 saturated carbocycles. The number of pyridine rings is 1. The molecule has 0 bridgehead atoms. The van der Waals surface area contributed by atoms with Crippen LogP contribution in [0.3, 0.4) is 0 Å². The molecule has 0 unspecified atom stereocenters. The lowest BCUT2D eigenvalue weighted by Gasteiger charge is -2.37. The minimum Gasteiger partial charge on any atom is -0.487 e. The minimum absolute atomic E-state index is 0.0774. The summed E-state index contributed by atoms with van der Waals surface area (Å²) in [7, 11) is -1.81. The summed E-state index contributed by atoms with van der Waals surface area (Å²) in [6.07, 6.45) is 4.16. The van der Waals surface area contributed by atoms with E-state index < -0.39 is 16.1 Å². The summed E-state index contributed by atoms with van der Waals surface area (Å²) >= 11 is 0. The number of aliphatic hydroxyl groups excluding tert-OH is 1. The van der Waals surface area contributed by atoms with Crippen LogP contribution in [-0.4, -0.2) is 73.1 Å². The van der Waals surface area contributed by atoms with Crippen LogP contribution in [-0.2, 0) is 10.0 Å². The van der Waals surface area contributed by atoms with Gasteiger partial charge in [0.1, 0.15) is 16.7 Å². The first-order chi connectivity index (χ1) is 15.8. The van der Waals surface area contributed by atoms with E-state index in [1.807, 2.05) is 26.1 Å². The number of hydrogen-bond acceptors (Lipinski definition) is 6. The number of rotatable bonds is 6. The Hall–Kier alpha value is -2.44. The van der Waals surface area contributed by atoms with E-state index in [1.165, 1.54) is 4.31 Å². The molecular formula is C25H33N3O4S. The van der Waals surface area contributed by atoms with Crippen molar-refractivity contribution in [3.8, 4) is 17.6 Å². The Kier molecular flexibility index (Phi) is 8.49. The number of hydrogen-bond donors (Lipinski definition) is 1. The van der Waals surface area contributed by atoms with Gasteiger partial charge >= 0.3 is 0 Å². The topological polar surface area (TPSA) is 83.0 Å². The van der Waals surface area contributed by atoms with Crippen LogP contribution < -0.4 is 4.74 Å². The van der Waals surface area contributed by atoms with Gasteiger partial charge in [-0.15, -0.1) is 0 Å². The maximum atomic E-state index is 13.5. The van der Waals surface area contributed by atoms with E-state index in [9.17, 15) is 13.5 Å². The Morgan fingerprint density at radius 3 is 2.73 bits per heavy atom. The Labute approximate surface area is 197 Å². The highest BCUT2D eigenvalue weighted by Crippen LogP contribution is 2.34. The summed E-state index contributed by atoms with van der Waals surface area (Å²) < 4.78 is 34.8. The van der Waals surface area contributed by atoms with Crippen molar-refractivity contribution in [2.45, 2.75) is 44.2 Å². The smallest absolute Gasteiger partial charge is 0.247 e. The third-order valence-corrected chi connectivity index (χ3v) is 7.80. The lowest BCUT2D eigenvalue weighted by Crippen LogP contribution is -2.49. The van der Waals surface area contributed by atoms with Gasteiger partial charge in [0.05, 0.1) is 6.61 Å². The summed E-state index contributed by atoms with van der Waals surface area (Å²) in [4.78, 5) is 6.36. The first kappa shape index (κ1) is 25.2. The molecule has 33 heavy (non-hydrogen) atoms. The fourth-order valence-electron chi connectivity index (χ4n) is 3.88. The average molecular weight is 472 g/mol. The first-order valence-electron chi connectivity index (χ1n) is 11.3. The minimum atomic E-state index is -3.86. The third kappa shape index (κ3) is 6.12. The van der Waals surface area contributed by atoms with Crippen LogP contribution in [0.2, 0.25) is 0 Å². The second-order valence-corrected chi connectivity index (χ2v) is 10.5. The van der Waals surface area contributed by atoms with E-state index in [0.717, 1.165) is 18.5 Å². The number of nitrogens with zero attached hydrogens (tertiary/aromatic N) is 3. The van der Waals surface area contributed by atoms with E-state index in [-0.39, 0.29) is 30.1 Å². The summed E-state index contributed by atoms with van der Waals surface area (Å²) in [6, 6.07) is 8.08. The molecular weight excluding hydrogens is 438 g/mol. The molecule has 0 radical (unpaired) electrons. The van der Waals surface area contributed by atoms with Crippen molar-refractivity contribution >= 4 is 10.0 Å². The zero-order chi connectivity index (χ0) is 24.0. The van der Waals surface area contributed by atoms with Gasteiger partial charge in [0.25, 0.3) is 0 Å². The van der Waals surface area contributed by atoms with Crippen LogP contribution in [0.5, 0.6) is 5.75 Å². The normalized spacial score (nSPS) is 21.2. The highest BCUT2D eigenvalue weighted by atomic mass is 32.2. The van der Waals surface area contributed by atoms with Crippen LogP contribution in [0.4, 0.5) is 0 Å². The van der Waals surface area contributed by atoms with Crippen molar-refractivity contribution in [1.82, 2.24) is 14.2 Å². The van der Waals surface area contributed by atoms with Crippen molar-refractivity contribution < 1.29 is 18.3 Å². The van der Waals surface area contributed by atoms with Crippen molar-refractivity contribution in [1.29, 1.82) is 0 Å². The van der Waals surface area contributed by atoms with Gasteiger partial charge in [0.2, 0.25) is 10.0 Å². The number of sulfonamides is 1. The molecule has 178 valence electrons. The van der Waals surface area contributed by atoms with Crippen LogP contribution >= 0.6 is 0 Å². The standard InChI is InChI=1S/C25H33N3O4S/c1-5-13-27(4)17-24-19(2)16-28(20(3)18-29)33(30,31)25-11-10-21(14-23(25)32-24)8-9-22-7-6-12-26-15-22/h6-7,10-12,14-15,19-20,24,29H,5,13,16-18H2,1-4H3/t19-,20+,24-/m0/s1. The van der Waals surface area contributed by atoms with Gasteiger partial charge in [-0.1, -0.05) is 25.7 Å². The van der Waals surface area contributed by atoms with Crippen LogP contribution in [0.15, 0.2) is 47.6 Å². The highest BCUT2D eigenvalue weighted by Gasteiger charge is 2.38. The molecule has 0 fully saturated rings. The van der Waals surface area contributed by atoms with Gasteiger partial charge < -0.3 is 14.7 Å². The van der Waals surface area contributed by atoms with Crippen LogP contribution in [0.1, 0.15) is 38.3 Å². The van der Waals surface area contributed by atoms with Gasteiger partial charge in [0, 0.05) is 48.6 Å². The van der Waals surface area contributed by atoms with E-state index in [0.29, 0.717) is 17.9 Å². The van der Waals surface area contributed by atoms with Crippen molar-refractivity contribution in [3.05, 3.63) is 53.9 Å². The molecule has 2 aromatic rings. The molecule has 8 heteroatoms. The van der Waals surface area contributed by atoms with E-state index >= 15 is 0 Å². The number of aromatic nitrogens is 1. The average Bonchev–Trinajstić information content (AvgIpc) is 2.80. The van der Waals surface area contributed by atoms with Crippen molar-refractivity contribution in [3.63, 3.8) is 0 Å². The molecule has 1 aliphatic heterocycles. The molecule has 1 aromatic heterocycles. The largest absolute Gasteiger partial charge is 0.487 e. The molecule has 0 amide bonds. The molecule has 3 rings (SSSR count). The maximum absolute atomic E-state index is 13.5. The van der Waals surface area contributed by atoms with Crippen molar-refractivity contribution in [2.24, 2.45) is 5.92 Å². The molecule has 3 atom stereocenters. The SMILES string of the molecule is CCCN(C)C[C@@H]1Oc2cc(C#Cc3cccnc3)ccc2S(=O)(=O)N([C@H](C)CO)C[C@@H]1C. The number of fused-ring (bicyclic) bond motifs is 1. The molecule has 1 N–H and O–H groups in total. The summed E-state index contributed by atoms with van der Waals surface area (Å²) in [5, 5.41) is 9.75. The van der Waals surface area contributed by atoms with E-state index in [2.05, 4.69) is 28.6 Å². The fraction of sp³-hybridized carbons (Fsp3) is 0.480. The van der Waals surface area contributed by atoms with Gasteiger partial charge in [-0.3, -0.25) is 4.98 Å². The third-order valence-electron chi connectivity index (χ3n) is 5.78. The zero-order valence-electron chi connectivity index (χ0n) is 19.7. The lowest BCUT2D eigenvalue weighted by molar-refractivity contribution is 0.0752. The number of likely N-dealkylation sites (N-methyl/N-ethyl adjacent to an activating group) is 1. The predicted molar refractivity (Wildman–Crippen MR) is 128 cm³/mol. The molecule has 0 saturated heterocycles. The number of ether oxygens (including phenoxy) is 1. The fourth-order valence-corrected chi connectivity index (χ4v) is 5.71.